The van der Waals surface area contributed by atoms with Gasteiger partial charge >= 0.3 is 0 Å². The van der Waals surface area contributed by atoms with Crippen molar-refractivity contribution in [2.75, 3.05) is 0 Å². The first-order valence-corrected chi connectivity index (χ1v) is 5.48. The molecule has 0 amide bonds. The number of hydrogen-bond donors (Lipinski definition) is 1. The molecule has 0 fully saturated rings. The summed E-state index contributed by atoms with van der Waals surface area (Å²) in [6, 6.07) is 6.66. The van der Waals surface area contributed by atoms with Crippen LogP contribution in [-0.2, 0) is 13.6 Å². The number of aromatic nitrogens is 3. The summed E-state index contributed by atoms with van der Waals surface area (Å²) in [5.41, 5.74) is 0.923. The topological polar surface area (TPSA) is 42.7 Å². The van der Waals surface area contributed by atoms with Gasteiger partial charge < -0.3 is 5.32 Å². The molecule has 1 unspecified atom stereocenters. The molecule has 1 atom stereocenters. The van der Waals surface area contributed by atoms with Gasteiger partial charge in [-0.1, -0.05) is 12.1 Å². The highest BCUT2D eigenvalue weighted by Crippen LogP contribution is 2.13. The zero-order valence-corrected chi connectivity index (χ0v) is 9.89. The molecule has 4 nitrogen and oxygen atoms in total. The molecule has 0 spiro atoms. The van der Waals surface area contributed by atoms with Crippen LogP contribution < -0.4 is 5.32 Å². The normalized spacial score (nSPS) is 12.6. The monoisotopic (exact) mass is 234 g/mol. The molecule has 90 valence electrons. The van der Waals surface area contributed by atoms with Crippen molar-refractivity contribution in [2.45, 2.75) is 19.5 Å². The molecule has 0 bridgehead atoms. The molecule has 17 heavy (non-hydrogen) atoms. The Kier molecular flexibility index (Phi) is 3.49. The lowest BCUT2D eigenvalue weighted by atomic mass is 10.1. The number of hydrogen-bond acceptors (Lipinski definition) is 3. The fourth-order valence-corrected chi connectivity index (χ4v) is 1.62. The Bertz CT molecular complexity index is 495. The average molecular weight is 234 g/mol. The van der Waals surface area contributed by atoms with Crippen LogP contribution in [0.25, 0.3) is 0 Å². The molecular weight excluding hydrogens is 219 g/mol. The highest BCUT2D eigenvalue weighted by atomic mass is 19.1. The summed E-state index contributed by atoms with van der Waals surface area (Å²) in [6.07, 6.45) is 1.52. The smallest absolute Gasteiger partial charge is 0.140 e. The van der Waals surface area contributed by atoms with Gasteiger partial charge in [0.15, 0.2) is 0 Å². The summed E-state index contributed by atoms with van der Waals surface area (Å²) in [4.78, 5) is 4.11. The summed E-state index contributed by atoms with van der Waals surface area (Å²) in [7, 11) is 1.84. The van der Waals surface area contributed by atoms with E-state index in [1.54, 1.807) is 10.7 Å². The van der Waals surface area contributed by atoms with E-state index in [0.717, 1.165) is 11.4 Å². The molecule has 0 saturated carbocycles. The Morgan fingerprint density at radius 3 is 2.94 bits per heavy atom. The third-order valence-corrected chi connectivity index (χ3v) is 2.72. The Morgan fingerprint density at radius 1 is 1.47 bits per heavy atom. The van der Waals surface area contributed by atoms with Gasteiger partial charge in [0.2, 0.25) is 0 Å². The average Bonchev–Trinajstić information content (AvgIpc) is 2.72. The van der Waals surface area contributed by atoms with Gasteiger partial charge in [0, 0.05) is 13.1 Å². The molecule has 0 saturated heterocycles. The molecular formula is C12H15FN4. The largest absolute Gasteiger partial charge is 0.303 e. The van der Waals surface area contributed by atoms with E-state index in [9.17, 15) is 4.39 Å². The minimum Gasteiger partial charge on any atom is -0.303 e. The van der Waals surface area contributed by atoms with E-state index in [1.165, 1.54) is 18.5 Å². The predicted molar refractivity (Wildman–Crippen MR) is 62.7 cm³/mol. The Morgan fingerprint density at radius 2 is 2.29 bits per heavy atom. The molecule has 5 heteroatoms. The molecule has 1 aromatic heterocycles. The summed E-state index contributed by atoms with van der Waals surface area (Å²) in [6.45, 7) is 2.60. The first kappa shape index (κ1) is 11.7. The Labute approximate surface area is 99.5 Å². The Balaban J connectivity index is 1.98. The maximum atomic E-state index is 13.1. The van der Waals surface area contributed by atoms with Crippen molar-refractivity contribution in [2.24, 2.45) is 7.05 Å². The van der Waals surface area contributed by atoms with Crippen LogP contribution in [0.1, 0.15) is 24.4 Å². The van der Waals surface area contributed by atoms with Gasteiger partial charge in [-0.2, -0.15) is 5.10 Å². The maximum absolute atomic E-state index is 13.1. The quantitative estimate of drug-likeness (QED) is 0.877. The number of benzene rings is 1. The van der Waals surface area contributed by atoms with Crippen LogP contribution in [0.15, 0.2) is 30.6 Å². The molecule has 2 aromatic rings. The Hall–Kier alpha value is -1.75. The van der Waals surface area contributed by atoms with Gasteiger partial charge in [-0.25, -0.2) is 9.37 Å². The molecule has 0 aliphatic rings. The van der Waals surface area contributed by atoms with Crippen molar-refractivity contribution >= 4 is 0 Å². The summed E-state index contributed by atoms with van der Waals surface area (Å²) < 4.78 is 14.8. The molecule has 0 aliphatic heterocycles. The van der Waals surface area contributed by atoms with Crippen LogP contribution in [0.3, 0.4) is 0 Å². The van der Waals surface area contributed by atoms with Gasteiger partial charge in [0.05, 0.1) is 6.54 Å². The molecule has 1 N–H and O–H groups in total. The summed E-state index contributed by atoms with van der Waals surface area (Å²) in [5.74, 6) is 0.642. The van der Waals surface area contributed by atoms with Crippen LogP contribution in [0, 0.1) is 5.82 Å². The lowest BCUT2D eigenvalue weighted by Crippen LogP contribution is -2.20. The lowest BCUT2D eigenvalue weighted by Gasteiger charge is -2.13. The number of nitrogens with zero attached hydrogens (tertiary/aromatic N) is 3. The highest BCUT2D eigenvalue weighted by molar-refractivity contribution is 5.19. The van der Waals surface area contributed by atoms with Crippen molar-refractivity contribution in [3.8, 4) is 0 Å². The van der Waals surface area contributed by atoms with Crippen molar-refractivity contribution in [3.05, 3.63) is 47.8 Å². The minimum atomic E-state index is -0.213. The van der Waals surface area contributed by atoms with E-state index >= 15 is 0 Å². The van der Waals surface area contributed by atoms with Gasteiger partial charge in [0.25, 0.3) is 0 Å². The van der Waals surface area contributed by atoms with Crippen LogP contribution in [0.5, 0.6) is 0 Å². The maximum Gasteiger partial charge on any atom is 0.140 e. The van der Waals surface area contributed by atoms with Crippen LogP contribution >= 0.6 is 0 Å². The van der Waals surface area contributed by atoms with E-state index in [-0.39, 0.29) is 11.9 Å². The third-order valence-electron chi connectivity index (χ3n) is 2.72. The molecule has 1 heterocycles. The SMILES string of the molecule is CC(NCc1ncnn1C)c1cccc(F)c1. The van der Waals surface area contributed by atoms with Crippen molar-refractivity contribution in [1.82, 2.24) is 20.1 Å². The van der Waals surface area contributed by atoms with Crippen LogP contribution in [0.2, 0.25) is 0 Å². The van der Waals surface area contributed by atoms with Crippen molar-refractivity contribution in [3.63, 3.8) is 0 Å². The molecule has 0 radical (unpaired) electrons. The second-order valence-electron chi connectivity index (χ2n) is 3.96. The summed E-state index contributed by atoms with van der Waals surface area (Å²) in [5, 5.41) is 7.27. The zero-order valence-electron chi connectivity index (χ0n) is 9.89. The second kappa shape index (κ2) is 5.05. The second-order valence-corrected chi connectivity index (χ2v) is 3.96. The van der Waals surface area contributed by atoms with Gasteiger partial charge in [-0.05, 0) is 24.6 Å². The zero-order chi connectivity index (χ0) is 12.3. The van der Waals surface area contributed by atoms with E-state index in [0.29, 0.717) is 6.54 Å². The van der Waals surface area contributed by atoms with Gasteiger partial charge in [-0.15, -0.1) is 0 Å². The molecule has 2 rings (SSSR count). The van der Waals surface area contributed by atoms with Gasteiger partial charge in [-0.3, -0.25) is 4.68 Å². The number of nitrogens with one attached hydrogen (secondary N) is 1. The standard InChI is InChI=1S/C12H15FN4/c1-9(10-4-3-5-11(13)6-10)14-7-12-15-8-16-17(12)2/h3-6,8-9,14H,7H2,1-2H3. The highest BCUT2D eigenvalue weighted by Gasteiger charge is 2.07. The van der Waals surface area contributed by atoms with Crippen molar-refractivity contribution in [1.29, 1.82) is 0 Å². The van der Waals surface area contributed by atoms with E-state index in [1.807, 2.05) is 20.0 Å². The van der Waals surface area contributed by atoms with Crippen LogP contribution in [-0.4, -0.2) is 14.8 Å². The first-order chi connectivity index (χ1) is 8.16. The van der Waals surface area contributed by atoms with Crippen LogP contribution in [0.4, 0.5) is 4.39 Å². The summed E-state index contributed by atoms with van der Waals surface area (Å²) >= 11 is 0. The van der Waals surface area contributed by atoms with E-state index < -0.39 is 0 Å². The number of aryl methyl sites for hydroxylation is 1. The number of rotatable bonds is 4. The van der Waals surface area contributed by atoms with E-state index in [2.05, 4.69) is 15.4 Å². The fourth-order valence-electron chi connectivity index (χ4n) is 1.62. The van der Waals surface area contributed by atoms with E-state index in [4.69, 9.17) is 0 Å². The van der Waals surface area contributed by atoms with Gasteiger partial charge in [0.1, 0.15) is 18.0 Å². The fraction of sp³-hybridized carbons (Fsp3) is 0.333. The number of halogens is 1. The first-order valence-electron chi connectivity index (χ1n) is 5.48. The lowest BCUT2D eigenvalue weighted by molar-refractivity contribution is 0.535. The van der Waals surface area contributed by atoms with Crippen molar-refractivity contribution < 1.29 is 4.39 Å². The molecule has 1 aromatic carbocycles. The third kappa shape index (κ3) is 2.88. The predicted octanol–water partition coefficient (Wildman–Crippen LogP) is 1.80. The minimum absolute atomic E-state index is 0.0717. The molecule has 0 aliphatic carbocycles.